The third kappa shape index (κ3) is 5.34. The molecule has 1 aliphatic rings. The van der Waals surface area contributed by atoms with Crippen molar-refractivity contribution in [2.24, 2.45) is 0 Å². The van der Waals surface area contributed by atoms with Gasteiger partial charge >= 0.3 is 0 Å². The van der Waals surface area contributed by atoms with Gasteiger partial charge in [-0.2, -0.15) is 0 Å². The van der Waals surface area contributed by atoms with Crippen LogP contribution in [0, 0.1) is 0 Å². The van der Waals surface area contributed by atoms with E-state index in [1.54, 1.807) is 0 Å². The number of oxazole rings is 1. The minimum Gasteiger partial charge on any atom is -0.456 e. The predicted octanol–water partition coefficient (Wildman–Crippen LogP) is 15.7. The van der Waals surface area contributed by atoms with E-state index in [4.69, 9.17) is 13.8 Å². The molecule has 2 heterocycles. The van der Waals surface area contributed by atoms with Gasteiger partial charge in [-0.3, -0.25) is 0 Å². The van der Waals surface area contributed by atoms with E-state index in [1.807, 2.05) is 48.5 Å². The maximum absolute atomic E-state index is 6.69. The van der Waals surface area contributed by atoms with Crippen molar-refractivity contribution in [3.63, 3.8) is 0 Å². The Bertz CT molecular complexity index is 3460. The molecule has 12 rings (SSSR count). The van der Waals surface area contributed by atoms with Gasteiger partial charge in [0, 0.05) is 50.4 Å². The molecule has 0 radical (unpaired) electrons. The Hall–Kier alpha value is -7.69. The first kappa shape index (κ1) is 34.4. The zero-order valence-electron chi connectivity index (χ0n) is 33.2. The second-order valence-corrected chi connectivity index (χ2v) is 16.4. The first-order chi connectivity index (χ1) is 29.5. The van der Waals surface area contributed by atoms with E-state index in [2.05, 4.69) is 164 Å². The minimum atomic E-state index is -0.141. The smallest absolute Gasteiger partial charge is 0.227 e. The summed E-state index contributed by atoms with van der Waals surface area (Å²) in [4.78, 5) is 7.37. The minimum absolute atomic E-state index is 0.141. The van der Waals surface area contributed by atoms with Gasteiger partial charge in [-0.1, -0.05) is 141 Å². The molecule has 2 aromatic heterocycles. The van der Waals surface area contributed by atoms with E-state index in [0.717, 1.165) is 72.4 Å². The summed E-state index contributed by atoms with van der Waals surface area (Å²) in [6.45, 7) is 4.68. The lowest BCUT2D eigenvalue weighted by atomic mass is 9.82. The van der Waals surface area contributed by atoms with Crippen molar-refractivity contribution in [1.82, 2.24) is 4.98 Å². The van der Waals surface area contributed by atoms with Crippen molar-refractivity contribution in [3.8, 4) is 44.8 Å². The molecule has 0 atom stereocenters. The summed E-state index contributed by atoms with van der Waals surface area (Å²) in [6.07, 6.45) is 0. The molecule has 0 fully saturated rings. The van der Waals surface area contributed by atoms with Crippen LogP contribution in [0.2, 0.25) is 0 Å². The lowest BCUT2D eigenvalue weighted by Gasteiger charge is -2.28. The second-order valence-electron chi connectivity index (χ2n) is 16.4. The molecule has 0 amide bonds. The molecular weight excluding hydrogens is 733 g/mol. The highest BCUT2D eigenvalue weighted by molar-refractivity contribution is 6.19. The fourth-order valence-electron chi connectivity index (χ4n) is 9.50. The number of rotatable bonds is 6. The summed E-state index contributed by atoms with van der Waals surface area (Å²) in [7, 11) is 0. The molecule has 0 bridgehead atoms. The number of anilines is 3. The van der Waals surface area contributed by atoms with Crippen molar-refractivity contribution in [1.29, 1.82) is 0 Å². The standard InChI is InChI=1S/C56H38N2O2/c1-56(2)47-21-10-8-19-44(47)45-30-29-43(33-48(45)56)58(42-18-12-17-39(32-42)40-24-23-35-13-6-7-16-38(35)31-40)41-27-25-36(26-28-41)52-53-46-20-9-11-22-50(46)59-51(53)34-49-54(52)60-55(57-49)37-14-4-3-5-15-37/h3-34H,1-2H3. The lowest BCUT2D eigenvalue weighted by molar-refractivity contribution is 0.621. The normalized spacial score (nSPS) is 13.0. The lowest BCUT2D eigenvalue weighted by Crippen LogP contribution is -2.16. The molecule has 11 aromatic rings. The Balaban J connectivity index is 1.04. The number of hydrogen-bond acceptors (Lipinski definition) is 4. The van der Waals surface area contributed by atoms with Crippen LogP contribution in [0.5, 0.6) is 0 Å². The van der Waals surface area contributed by atoms with Crippen molar-refractivity contribution in [2.75, 3.05) is 4.90 Å². The second kappa shape index (κ2) is 13.2. The van der Waals surface area contributed by atoms with Gasteiger partial charge in [-0.05, 0) is 110 Å². The summed E-state index contributed by atoms with van der Waals surface area (Å²) in [6, 6.07) is 69.2. The predicted molar refractivity (Wildman–Crippen MR) is 247 cm³/mol. The van der Waals surface area contributed by atoms with E-state index in [-0.39, 0.29) is 5.41 Å². The molecule has 0 N–H and O–H groups in total. The maximum atomic E-state index is 6.69. The van der Waals surface area contributed by atoms with E-state index in [9.17, 15) is 0 Å². The van der Waals surface area contributed by atoms with E-state index in [1.165, 1.54) is 38.6 Å². The van der Waals surface area contributed by atoms with Gasteiger partial charge in [-0.25, -0.2) is 4.98 Å². The van der Waals surface area contributed by atoms with Crippen molar-refractivity contribution in [3.05, 3.63) is 205 Å². The number of aromatic nitrogens is 1. The highest BCUT2D eigenvalue weighted by atomic mass is 16.4. The number of nitrogens with zero attached hydrogens (tertiary/aromatic N) is 2. The average molecular weight is 771 g/mol. The van der Waals surface area contributed by atoms with Crippen LogP contribution in [-0.2, 0) is 5.41 Å². The zero-order valence-corrected chi connectivity index (χ0v) is 33.2. The Labute approximate surface area is 347 Å². The average Bonchev–Trinajstić information content (AvgIpc) is 3.96. The molecule has 0 aliphatic heterocycles. The van der Waals surface area contributed by atoms with Crippen LogP contribution in [0.15, 0.2) is 203 Å². The SMILES string of the molecule is CC1(C)c2ccccc2-c2ccc(N(c3ccc(-c4c5oc(-c6ccccc6)nc5cc5oc6ccccc6c45)cc3)c3cccc(-c4ccc5ccccc5c4)c3)cc21. The van der Waals surface area contributed by atoms with Gasteiger partial charge in [0.15, 0.2) is 5.58 Å². The first-order valence-corrected chi connectivity index (χ1v) is 20.5. The molecular formula is C56H38N2O2. The monoisotopic (exact) mass is 770 g/mol. The van der Waals surface area contributed by atoms with Gasteiger partial charge in [0.2, 0.25) is 5.89 Å². The number of hydrogen-bond donors (Lipinski definition) is 0. The van der Waals surface area contributed by atoms with Crippen LogP contribution in [-0.4, -0.2) is 4.98 Å². The summed E-state index contributed by atoms with van der Waals surface area (Å²) in [5.41, 5.74) is 16.8. The largest absolute Gasteiger partial charge is 0.456 e. The third-order valence-electron chi connectivity index (χ3n) is 12.5. The highest BCUT2D eigenvalue weighted by Gasteiger charge is 2.36. The Morgan fingerprint density at radius 2 is 1.13 bits per heavy atom. The van der Waals surface area contributed by atoms with Crippen LogP contribution in [0.4, 0.5) is 17.1 Å². The van der Waals surface area contributed by atoms with E-state index < -0.39 is 0 Å². The summed E-state index contributed by atoms with van der Waals surface area (Å²) < 4.78 is 13.2. The molecule has 60 heavy (non-hydrogen) atoms. The Morgan fingerprint density at radius 3 is 2.02 bits per heavy atom. The fraction of sp³-hybridized carbons (Fsp3) is 0.0536. The van der Waals surface area contributed by atoms with E-state index >= 15 is 0 Å². The molecule has 0 spiro atoms. The number of fused-ring (bicyclic) bond motifs is 8. The van der Waals surface area contributed by atoms with E-state index in [0.29, 0.717) is 5.89 Å². The number of furan rings is 1. The third-order valence-corrected chi connectivity index (χ3v) is 12.5. The Morgan fingerprint density at radius 1 is 0.450 bits per heavy atom. The molecule has 0 saturated heterocycles. The molecule has 4 heteroatoms. The molecule has 1 aliphatic carbocycles. The number of benzene rings is 9. The molecule has 9 aromatic carbocycles. The molecule has 4 nitrogen and oxygen atoms in total. The summed E-state index contributed by atoms with van der Waals surface area (Å²) in [5, 5.41) is 4.52. The van der Waals surface area contributed by atoms with Crippen molar-refractivity contribution < 1.29 is 8.83 Å². The Kier molecular flexibility index (Phi) is 7.54. The fourth-order valence-corrected chi connectivity index (χ4v) is 9.50. The van der Waals surface area contributed by atoms with Gasteiger partial charge in [0.05, 0.1) is 0 Å². The number of para-hydroxylation sites is 1. The molecule has 0 unspecified atom stereocenters. The zero-order chi connectivity index (χ0) is 40.0. The topological polar surface area (TPSA) is 42.4 Å². The summed E-state index contributed by atoms with van der Waals surface area (Å²) >= 11 is 0. The van der Waals surface area contributed by atoms with Gasteiger partial charge < -0.3 is 13.7 Å². The van der Waals surface area contributed by atoms with Gasteiger partial charge in [0.1, 0.15) is 16.7 Å². The van der Waals surface area contributed by atoms with Gasteiger partial charge in [0.25, 0.3) is 0 Å². The first-order valence-electron chi connectivity index (χ1n) is 20.5. The van der Waals surface area contributed by atoms with Crippen molar-refractivity contribution in [2.45, 2.75) is 19.3 Å². The summed E-state index contributed by atoms with van der Waals surface area (Å²) in [5.74, 6) is 0.583. The van der Waals surface area contributed by atoms with Crippen LogP contribution in [0.1, 0.15) is 25.0 Å². The molecule has 284 valence electrons. The van der Waals surface area contributed by atoms with Crippen LogP contribution in [0.25, 0.3) is 88.6 Å². The highest BCUT2D eigenvalue weighted by Crippen LogP contribution is 2.51. The van der Waals surface area contributed by atoms with Gasteiger partial charge in [-0.15, -0.1) is 0 Å². The molecule has 0 saturated carbocycles. The van der Waals surface area contributed by atoms with Crippen LogP contribution in [0.3, 0.4) is 0 Å². The van der Waals surface area contributed by atoms with Crippen LogP contribution < -0.4 is 4.90 Å². The van der Waals surface area contributed by atoms with Crippen molar-refractivity contribution >= 4 is 60.9 Å². The quantitative estimate of drug-likeness (QED) is 0.169. The van der Waals surface area contributed by atoms with Crippen LogP contribution >= 0.6 is 0 Å². The maximum Gasteiger partial charge on any atom is 0.227 e.